The Labute approximate surface area is 211 Å². The molecule has 2 saturated carbocycles. The summed E-state index contributed by atoms with van der Waals surface area (Å²) >= 11 is 0. The molecule has 0 radical (unpaired) electrons. The van der Waals surface area contributed by atoms with Crippen LogP contribution in [0.4, 0.5) is 0 Å². The van der Waals surface area contributed by atoms with Crippen LogP contribution in [-0.4, -0.2) is 52.5 Å². The number of benzene rings is 2. The van der Waals surface area contributed by atoms with Gasteiger partial charge in [-0.3, -0.25) is 14.5 Å². The van der Waals surface area contributed by atoms with Gasteiger partial charge in [0.05, 0.1) is 11.0 Å². The second-order valence-corrected chi connectivity index (χ2v) is 11.4. The minimum atomic E-state index is -0.667. The SMILES string of the molecule is Cc1ccccc1/C=C/C(=O)N[C@@]12CCC(=O)[C@@H]3Oc4c(O)ccc5c4[C@@]31CCN(CC1CC1)[C@@H]2C5. The fourth-order valence-corrected chi connectivity index (χ4v) is 7.76. The number of carbonyl (C=O) groups excluding carboxylic acids is 2. The number of aryl methyl sites for hydroxylation is 1. The molecule has 3 fully saturated rings. The first-order valence-corrected chi connectivity index (χ1v) is 13.3. The van der Waals surface area contributed by atoms with Gasteiger partial charge in [-0.15, -0.1) is 0 Å². The summed E-state index contributed by atoms with van der Waals surface area (Å²) in [5.74, 6) is 1.21. The van der Waals surface area contributed by atoms with Crippen LogP contribution in [0.25, 0.3) is 6.08 Å². The molecular weight excluding hydrogens is 452 g/mol. The minimum absolute atomic E-state index is 0.0770. The number of piperidine rings is 1. The number of phenols is 1. The first-order valence-electron chi connectivity index (χ1n) is 13.3. The molecule has 5 aliphatic rings. The predicted molar refractivity (Wildman–Crippen MR) is 136 cm³/mol. The van der Waals surface area contributed by atoms with Crippen LogP contribution in [-0.2, 0) is 21.4 Å². The van der Waals surface area contributed by atoms with Gasteiger partial charge in [0, 0.05) is 30.6 Å². The highest BCUT2D eigenvalue weighted by Crippen LogP contribution is 2.65. The van der Waals surface area contributed by atoms with Gasteiger partial charge in [0.2, 0.25) is 5.91 Å². The second-order valence-electron chi connectivity index (χ2n) is 11.4. The van der Waals surface area contributed by atoms with Crippen molar-refractivity contribution in [3.8, 4) is 11.5 Å². The van der Waals surface area contributed by atoms with E-state index < -0.39 is 17.1 Å². The Balaban J connectivity index is 1.34. The molecule has 2 bridgehead atoms. The number of hydrogen-bond donors (Lipinski definition) is 2. The molecule has 4 atom stereocenters. The summed E-state index contributed by atoms with van der Waals surface area (Å²) in [6, 6.07) is 11.8. The van der Waals surface area contributed by atoms with Crippen LogP contribution in [0.1, 0.15) is 54.4 Å². The van der Waals surface area contributed by atoms with E-state index in [2.05, 4.69) is 10.2 Å². The molecule has 1 saturated heterocycles. The fourth-order valence-electron chi connectivity index (χ4n) is 7.76. The Hall–Kier alpha value is -3.12. The van der Waals surface area contributed by atoms with Crippen molar-refractivity contribution in [3.63, 3.8) is 0 Å². The topological polar surface area (TPSA) is 78.9 Å². The molecule has 186 valence electrons. The molecule has 2 aliphatic heterocycles. The molecule has 2 aromatic rings. The Bertz CT molecular complexity index is 1310. The van der Waals surface area contributed by atoms with E-state index in [1.165, 1.54) is 12.8 Å². The Morgan fingerprint density at radius 3 is 2.86 bits per heavy atom. The summed E-state index contributed by atoms with van der Waals surface area (Å²) in [4.78, 5) is 29.5. The van der Waals surface area contributed by atoms with Crippen molar-refractivity contribution in [3.05, 3.63) is 64.7 Å². The van der Waals surface area contributed by atoms with Crippen molar-refractivity contribution in [1.82, 2.24) is 10.2 Å². The molecule has 7 rings (SSSR count). The highest BCUT2D eigenvalue weighted by molar-refractivity contribution is 5.95. The number of Topliss-reactive ketones (excluding diaryl/α,β-unsaturated/α-hetero) is 1. The third-order valence-electron chi connectivity index (χ3n) is 9.56. The van der Waals surface area contributed by atoms with Gasteiger partial charge in [0.1, 0.15) is 0 Å². The van der Waals surface area contributed by atoms with Crippen LogP contribution < -0.4 is 10.1 Å². The van der Waals surface area contributed by atoms with E-state index in [1.54, 1.807) is 12.1 Å². The maximum atomic E-state index is 13.6. The summed E-state index contributed by atoms with van der Waals surface area (Å²) in [5.41, 5.74) is 2.96. The van der Waals surface area contributed by atoms with Crippen LogP contribution in [0.3, 0.4) is 0 Å². The lowest BCUT2D eigenvalue weighted by Crippen LogP contribution is -2.81. The van der Waals surface area contributed by atoms with Crippen molar-refractivity contribution in [2.24, 2.45) is 5.92 Å². The molecule has 0 aromatic heterocycles. The quantitative estimate of drug-likeness (QED) is 0.633. The van der Waals surface area contributed by atoms with Gasteiger partial charge in [0.15, 0.2) is 23.4 Å². The summed E-state index contributed by atoms with van der Waals surface area (Å²) in [7, 11) is 0. The van der Waals surface area contributed by atoms with Gasteiger partial charge in [-0.25, -0.2) is 0 Å². The number of amides is 1. The van der Waals surface area contributed by atoms with E-state index in [-0.39, 0.29) is 23.5 Å². The number of phenolic OH excluding ortho intramolecular Hbond substituents is 1. The van der Waals surface area contributed by atoms with Crippen molar-refractivity contribution in [2.75, 3.05) is 13.1 Å². The van der Waals surface area contributed by atoms with Crippen LogP contribution in [0.5, 0.6) is 11.5 Å². The molecule has 1 amide bonds. The lowest BCUT2D eigenvalue weighted by atomic mass is 9.47. The van der Waals surface area contributed by atoms with E-state index in [1.807, 2.05) is 43.3 Å². The Morgan fingerprint density at radius 1 is 1.22 bits per heavy atom. The smallest absolute Gasteiger partial charge is 0.244 e. The number of rotatable bonds is 5. The highest BCUT2D eigenvalue weighted by Gasteiger charge is 2.73. The van der Waals surface area contributed by atoms with E-state index in [9.17, 15) is 14.7 Å². The van der Waals surface area contributed by atoms with Crippen LogP contribution in [0.15, 0.2) is 42.5 Å². The van der Waals surface area contributed by atoms with Crippen molar-refractivity contribution in [2.45, 2.75) is 68.5 Å². The molecule has 2 aromatic carbocycles. The molecule has 0 unspecified atom stereocenters. The number of nitrogens with one attached hydrogen (secondary N) is 1. The number of ether oxygens (including phenoxy) is 1. The van der Waals surface area contributed by atoms with E-state index >= 15 is 0 Å². The molecule has 2 heterocycles. The first kappa shape index (κ1) is 22.1. The van der Waals surface area contributed by atoms with E-state index in [4.69, 9.17) is 4.74 Å². The molecular formula is C30H32N2O4. The van der Waals surface area contributed by atoms with E-state index in [0.29, 0.717) is 18.6 Å². The van der Waals surface area contributed by atoms with Gasteiger partial charge in [-0.1, -0.05) is 30.3 Å². The zero-order valence-corrected chi connectivity index (χ0v) is 20.6. The number of hydrogen-bond acceptors (Lipinski definition) is 5. The molecule has 36 heavy (non-hydrogen) atoms. The normalized spacial score (nSPS) is 32.3. The first-order chi connectivity index (χ1) is 17.4. The lowest BCUT2D eigenvalue weighted by Gasteiger charge is -2.65. The number of ketones is 1. The summed E-state index contributed by atoms with van der Waals surface area (Å²) in [6.07, 6.45) is 7.86. The number of nitrogens with zero attached hydrogens (tertiary/aromatic N) is 1. The van der Waals surface area contributed by atoms with Crippen molar-refractivity contribution in [1.29, 1.82) is 0 Å². The lowest BCUT2D eigenvalue weighted by molar-refractivity contribution is -0.148. The average Bonchev–Trinajstić information content (AvgIpc) is 3.60. The number of likely N-dealkylation sites (tertiary alicyclic amines) is 1. The zero-order chi connectivity index (χ0) is 24.7. The highest BCUT2D eigenvalue weighted by atomic mass is 16.5. The number of aromatic hydroxyl groups is 1. The second kappa shape index (κ2) is 7.69. The maximum Gasteiger partial charge on any atom is 0.244 e. The zero-order valence-electron chi connectivity index (χ0n) is 20.6. The van der Waals surface area contributed by atoms with Crippen molar-refractivity contribution >= 4 is 17.8 Å². The van der Waals surface area contributed by atoms with Gasteiger partial charge >= 0.3 is 0 Å². The van der Waals surface area contributed by atoms with Gasteiger partial charge in [-0.05, 0) is 80.3 Å². The van der Waals surface area contributed by atoms with Crippen LogP contribution in [0, 0.1) is 12.8 Å². The molecule has 1 spiro atoms. The summed E-state index contributed by atoms with van der Waals surface area (Å²) < 4.78 is 6.31. The standard InChI is InChI=1S/C30H32N2O4/c1-18-4-2-3-5-20(18)9-11-25(35)31-30-13-12-23(34)28-29(30)14-15-32(17-19-6-7-19)24(30)16-21-8-10-22(33)27(36-28)26(21)29/h2-5,8-11,19,24,28,33H,6-7,12-17H2,1H3,(H,31,35)/b11-9+/t24-,28+,29+,30-/m1/s1. The van der Waals surface area contributed by atoms with Gasteiger partial charge in [0.25, 0.3) is 0 Å². The third kappa shape index (κ3) is 2.94. The minimum Gasteiger partial charge on any atom is -0.504 e. The Kier molecular flexibility index (Phi) is 4.72. The average molecular weight is 485 g/mol. The number of carbonyl (C=O) groups is 2. The van der Waals surface area contributed by atoms with Crippen LogP contribution in [0.2, 0.25) is 0 Å². The Morgan fingerprint density at radius 2 is 2.06 bits per heavy atom. The third-order valence-corrected chi connectivity index (χ3v) is 9.56. The molecule has 6 nitrogen and oxygen atoms in total. The molecule has 6 heteroatoms. The van der Waals surface area contributed by atoms with Gasteiger partial charge in [-0.2, -0.15) is 0 Å². The van der Waals surface area contributed by atoms with Crippen molar-refractivity contribution < 1.29 is 19.4 Å². The monoisotopic (exact) mass is 484 g/mol. The predicted octanol–water partition coefficient (Wildman–Crippen LogP) is 3.67. The van der Waals surface area contributed by atoms with E-state index in [0.717, 1.165) is 54.1 Å². The molecule has 2 N–H and O–H groups in total. The summed E-state index contributed by atoms with van der Waals surface area (Å²) in [5, 5.41) is 14.2. The summed E-state index contributed by atoms with van der Waals surface area (Å²) in [6.45, 7) is 3.95. The van der Waals surface area contributed by atoms with Crippen LogP contribution >= 0.6 is 0 Å². The largest absolute Gasteiger partial charge is 0.504 e. The van der Waals surface area contributed by atoms with Gasteiger partial charge < -0.3 is 15.2 Å². The fraction of sp³-hybridized carbons (Fsp3) is 0.467. The maximum absolute atomic E-state index is 13.6. The molecule has 3 aliphatic carbocycles.